The molecule has 2 aliphatic heterocycles. The fourth-order valence-electron chi connectivity index (χ4n) is 2.92. The molecule has 0 radical (unpaired) electrons. The van der Waals surface area contributed by atoms with Gasteiger partial charge in [-0.15, -0.1) is 11.8 Å². The van der Waals surface area contributed by atoms with Gasteiger partial charge >= 0.3 is 0 Å². The third kappa shape index (κ3) is 3.77. The highest BCUT2D eigenvalue weighted by atomic mass is 32.2. The van der Waals surface area contributed by atoms with Crippen LogP contribution >= 0.6 is 11.8 Å². The normalized spacial score (nSPS) is 22.0. The summed E-state index contributed by atoms with van der Waals surface area (Å²) in [5, 5.41) is 3.26. The summed E-state index contributed by atoms with van der Waals surface area (Å²) in [6.45, 7) is 9.44. The number of amides is 1. The van der Waals surface area contributed by atoms with Crippen LogP contribution < -0.4 is 10.2 Å². The molecular formula is C16H25N5OS. The number of hydrogen-bond acceptors (Lipinski definition) is 6. The van der Waals surface area contributed by atoms with E-state index in [4.69, 9.17) is 4.98 Å². The van der Waals surface area contributed by atoms with Gasteiger partial charge in [-0.05, 0) is 6.92 Å². The molecule has 0 aromatic carbocycles. The minimum Gasteiger partial charge on any atom is -0.353 e. The lowest BCUT2D eigenvalue weighted by atomic mass is 10.2. The highest BCUT2D eigenvalue weighted by Gasteiger charge is 2.29. The summed E-state index contributed by atoms with van der Waals surface area (Å²) in [4.78, 5) is 25.9. The maximum atomic E-state index is 12.4. The summed E-state index contributed by atoms with van der Waals surface area (Å²) in [5.74, 6) is 4.23. The van der Waals surface area contributed by atoms with Crippen molar-refractivity contribution in [1.29, 1.82) is 0 Å². The van der Waals surface area contributed by atoms with Gasteiger partial charge in [0.15, 0.2) is 0 Å². The second kappa shape index (κ2) is 7.05. The van der Waals surface area contributed by atoms with Crippen molar-refractivity contribution in [2.45, 2.75) is 32.7 Å². The van der Waals surface area contributed by atoms with Crippen LogP contribution in [0.4, 0.5) is 5.82 Å². The predicted molar refractivity (Wildman–Crippen MR) is 93.9 cm³/mol. The monoisotopic (exact) mass is 335 g/mol. The van der Waals surface area contributed by atoms with Gasteiger partial charge in [0.1, 0.15) is 11.6 Å². The van der Waals surface area contributed by atoms with E-state index in [-0.39, 0.29) is 11.9 Å². The lowest BCUT2D eigenvalue weighted by Gasteiger charge is -2.36. The fourth-order valence-corrected chi connectivity index (χ4v) is 3.86. The number of aryl methyl sites for hydroxylation is 1. The van der Waals surface area contributed by atoms with Crippen molar-refractivity contribution in [2.75, 3.05) is 42.7 Å². The number of thioether (sulfide) groups is 1. The Labute approximate surface area is 142 Å². The van der Waals surface area contributed by atoms with Gasteiger partial charge in [-0.3, -0.25) is 10.1 Å². The summed E-state index contributed by atoms with van der Waals surface area (Å²) in [6, 6.07) is 2.04. The largest absolute Gasteiger partial charge is 0.353 e. The minimum absolute atomic E-state index is 0.000360. The predicted octanol–water partition coefficient (Wildman–Crippen LogP) is 1.22. The van der Waals surface area contributed by atoms with Crippen molar-refractivity contribution in [1.82, 2.24) is 20.2 Å². The molecule has 2 aliphatic rings. The first-order valence-electron chi connectivity index (χ1n) is 8.25. The van der Waals surface area contributed by atoms with Crippen LogP contribution in [0.1, 0.15) is 31.3 Å². The average Bonchev–Trinajstić information content (AvgIpc) is 3.08. The average molecular weight is 335 g/mol. The molecular weight excluding hydrogens is 310 g/mol. The number of rotatable bonds is 3. The molecule has 0 bridgehead atoms. The van der Waals surface area contributed by atoms with Crippen molar-refractivity contribution in [3.63, 3.8) is 0 Å². The van der Waals surface area contributed by atoms with Gasteiger partial charge in [-0.25, -0.2) is 9.97 Å². The molecule has 1 aromatic heterocycles. The zero-order valence-electron chi connectivity index (χ0n) is 14.1. The van der Waals surface area contributed by atoms with Gasteiger partial charge in [0.25, 0.3) is 0 Å². The molecule has 2 saturated heterocycles. The molecule has 1 N–H and O–H groups in total. The maximum absolute atomic E-state index is 12.4. The van der Waals surface area contributed by atoms with Crippen LogP contribution in [-0.2, 0) is 4.79 Å². The lowest BCUT2D eigenvalue weighted by Crippen LogP contribution is -2.53. The molecule has 0 aliphatic carbocycles. The Hall–Kier alpha value is -1.34. The number of nitrogens with one attached hydrogen (secondary N) is 1. The van der Waals surface area contributed by atoms with Crippen LogP contribution in [0.5, 0.6) is 0 Å². The van der Waals surface area contributed by atoms with E-state index in [9.17, 15) is 4.79 Å². The summed E-state index contributed by atoms with van der Waals surface area (Å²) in [5.41, 5.74) is 1.00. The van der Waals surface area contributed by atoms with E-state index in [1.807, 2.05) is 17.9 Å². The van der Waals surface area contributed by atoms with Gasteiger partial charge < -0.3 is 9.80 Å². The van der Waals surface area contributed by atoms with Crippen LogP contribution in [-0.4, -0.2) is 64.6 Å². The van der Waals surface area contributed by atoms with Crippen LogP contribution in [0.3, 0.4) is 0 Å². The molecule has 0 spiro atoms. The highest BCUT2D eigenvalue weighted by Crippen LogP contribution is 2.19. The zero-order valence-corrected chi connectivity index (χ0v) is 14.9. The Morgan fingerprint density at radius 2 is 2.04 bits per heavy atom. The number of carbonyl (C=O) groups excluding carboxylic acids is 1. The highest BCUT2D eigenvalue weighted by molar-refractivity contribution is 7.99. The Morgan fingerprint density at radius 1 is 1.30 bits per heavy atom. The number of aromatic nitrogens is 2. The molecule has 1 unspecified atom stereocenters. The Balaban J connectivity index is 1.63. The van der Waals surface area contributed by atoms with Crippen molar-refractivity contribution >= 4 is 23.5 Å². The van der Waals surface area contributed by atoms with Crippen LogP contribution in [0.2, 0.25) is 0 Å². The van der Waals surface area contributed by atoms with Crippen LogP contribution in [0.15, 0.2) is 6.07 Å². The topological polar surface area (TPSA) is 61.4 Å². The fraction of sp³-hybridized carbons (Fsp3) is 0.688. The second-order valence-corrected chi connectivity index (χ2v) is 7.49. The van der Waals surface area contributed by atoms with Crippen molar-refractivity contribution < 1.29 is 4.79 Å². The smallest absolute Gasteiger partial charge is 0.240 e. The molecule has 6 nitrogen and oxygen atoms in total. The summed E-state index contributed by atoms with van der Waals surface area (Å²) in [6.07, 6.45) is 0. The molecule has 0 saturated carbocycles. The molecule has 7 heteroatoms. The second-order valence-electron chi connectivity index (χ2n) is 6.46. The number of anilines is 1. The number of carbonyl (C=O) groups is 1. The standard InChI is InChI=1S/C16H25N5OS/c1-11(2)15-18-12(3)8-14(19-15)20-4-6-21(7-5-20)16(22)13-9-23-10-17-13/h8,11,13,17H,4-7,9-10H2,1-3H3. The number of hydrogen-bond donors (Lipinski definition) is 1. The Bertz CT molecular complexity index is 566. The molecule has 1 atom stereocenters. The van der Waals surface area contributed by atoms with Gasteiger partial charge in [0.2, 0.25) is 5.91 Å². The van der Waals surface area contributed by atoms with Gasteiger partial charge in [-0.2, -0.15) is 0 Å². The molecule has 23 heavy (non-hydrogen) atoms. The van der Waals surface area contributed by atoms with E-state index in [0.717, 1.165) is 55.1 Å². The van der Waals surface area contributed by atoms with Crippen molar-refractivity contribution in [2.24, 2.45) is 0 Å². The SMILES string of the molecule is Cc1cc(N2CCN(C(=O)C3CSCN3)CC2)nc(C(C)C)n1. The first kappa shape index (κ1) is 16.5. The zero-order chi connectivity index (χ0) is 16.4. The third-order valence-corrected chi connectivity index (χ3v) is 5.24. The van der Waals surface area contributed by atoms with E-state index in [2.05, 4.69) is 29.0 Å². The first-order chi connectivity index (χ1) is 11.0. The first-order valence-corrected chi connectivity index (χ1v) is 9.40. The number of piperazine rings is 1. The van der Waals surface area contributed by atoms with Crippen molar-refractivity contribution in [3.05, 3.63) is 17.6 Å². The maximum Gasteiger partial charge on any atom is 0.240 e. The third-order valence-electron chi connectivity index (χ3n) is 4.30. The molecule has 126 valence electrons. The van der Waals surface area contributed by atoms with E-state index in [1.165, 1.54) is 0 Å². The lowest BCUT2D eigenvalue weighted by molar-refractivity contribution is -0.132. The van der Waals surface area contributed by atoms with E-state index in [1.54, 1.807) is 11.8 Å². The molecule has 3 rings (SSSR count). The van der Waals surface area contributed by atoms with E-state index in [0.29, 0.717) is 5.92 Å². The van der Waals surface area contributed by atoms with Gasteiger partial charge in [0, 0.05) is 55.5 Å². The number of nitrogens with zero attached hydrogens (tertiary/aromatic N) is 4. The van der Waals surface area contributed by atoms with E-state index >= 15 is 0 Å². The van der Waals surface area contributed by atoms with E-state index < -0.39 is 0 Å². The quantitative estimate of drug-likeness (QED) is 0.896. The van der Waals surface area contributed by atoms with Crippen LogP contribution in [0.25, 0.3) is 0 Å². The van der Waals surface area contributed by atoms with Gasteiger partial charge in [-0.1, -0.05) is 13.8 Å². The van der Waals surface area contributed by atoms with Crippen molar-refractivity contribution in [3.8, 4) is 0 Å². The Morgan fingerprint density at radius 3 is 2.65 bits per heavy atom. The van der Waals surface area contributed by atoms with Gasteiger partial charge in [0.05, 0.1) is 6.04 Å². The van der Waals surface area contributed by atoms with Crippen LogP contribution in [0, 0.1) is 6.92 Å². The minimum atomic E-state index is 0.000360. The molecule has 1 amide bonds. The molecule has 3 heterocycles. The molecule has 1 aromatic rings. The summed E-state index contributed by atoms with van der Waals surface area (Å²) in [7, 11) is 0. The summed E-state index contributed by atoms with van der Waals surface area (Å²) < 4.78 is 0. The summed E-state index contributed by atoms with van der Waals surface area (Å²) >= 11 is 1.79. The Kier molecular flexibility index (Phi) is 5.06. The molecule has 2 fully saturated rings.